The first-order valence-electron chi connectivity index (χ1n) is 4.16. The number of benzene rings is 1. The van der Waals surface area contributed by atoms with Gasteiger partial charge in [0.25, 0.3) is 0 Å². The van der Waals surface area contributed by atoms with Gasteiger partial charge in [-0.05, 0) is 36.3 Å². The minimum Gasteiger partial charge on any atom is -0.477 e. The number of aliphatic carboxylic acids is 1. The molecule has 0 bridgehead atoms. The van der Waals surface area contributed by atoms with Gasteiger partial charge < -0.3 is 5.11 Å². The molecule has 0 aliphatic rings. The van der Waals surface area contributed by atoms with E-state index in [2.05, 4.69) is 15.9 Å². The van der Waals surface area contributed by atoms with Crippen molar-refractivity contribution in [3.63, 3.8) is 0 Å². The largest absolute Gasteiger partial charge is 0.477 e. The van der Waals surface area contributed by atoms with Crippen LogP contribution < -0.4 is 0 Å². The number of aryl methyl sites for hydroxylation is 1. The van der Waals surface area contributed by atoms with Crippen molar-refractivity contribution in [2.45, 2.75) is 6.92 Å². The molecule has 0 radical (unpaired) electrons. The zero-order valence-corrected chi connectivity index (χ0v) is 9.58. The molecular weight excluding hydrogens is 258 g/mol. The van der Waals surface area contributed by atoms with Crippen molar-refractivity contribution in [1.82, 2.24) is 0 Å². The van der Waals surface area contributed by atoms with Gasteiger partial charge in [0.05, 0.1) is 0 Å². The molecule has 1 N–H and O–H groups in total. The van der Waals surface area contributed by atoms with Crippen molar-refractivity contribution in [3.05, 3.63) is 39.4 Å². The maximum atomic E-state index is 10.6. The van der Waals surface area contributed by atoms with Crippen molar-refractivity contribution in [1.29, 1.82) is 5.26 Å². The highest BCUT2D eigenvalue weighted by Crippen LogP contribution is 2.18. The number of carbonyl (C=O) groups is 1. The molecule has 0 saturated heterocycles. The van der Waals surface area contributed by atoms with E-state index in [1.807, 2.05) is 13.0 Å². The molecule has 0 fully saturated rings. The van der Waals surface area contributed by atoms with Gasteiger partial charge in [0.1, 0.15) is 11.6 Å². The van der Waals surface area contributed by atoms with E-state index < -0.39 is 5.97 Å². The molecule has 1 rings (SSSR count). The number of nitriles is 1. The van der Waals surface area contributed by atoms with Gasteiger partial charge in [-0.25, -0.2) is 4.79 Å². The third kappa shape index (κ3) is 2.93. The molecule has 0 heterocycles. The van der Waals surface area contributed by atoms with E-state index in [1.165, 1.54) is 6.08 Å². The van der Waals surface area contributed by atoms with Gasteiger partial charge in [-0.15, -0.1) is 0 Å². The zero-order chi connectivity index (χ0) is 11.4. The smallest absolute Gasteiger partial charge is 0.346 e. The summed E-state index contributed by atoms with van der Waals surface area (Å²) in [4.78, 5) is 10.6. The van der Waals surface area contributed by atoms with Crippen LogP contribution in [-0.2, 0) is 4.79 Å². The number of halogens is 1. The first-order chi connectivity index (χ1) is 7.04. The van der Waals surface area contributed by atoms with Crippen LogP contribution in [0.2, 0.25) is 0 Å². The zero-order valence-electron chi connectivity index (χ0n) is 7.99. The molecule has 4 heteroatoms. The second-order valence-corrected chi connectivity index (χ2v) is 3.89. The minimum absolute atomic E-state index is 0.263. The van der Waals surface area contributed by atoms with Crippen molar-refractivity contribution in [2.24, 2.45) is 0 Å². The Labute approximate surface area is 95.8 Å². The van der Waals surface area contributed by atoms with E-state index in [0.29, 0.717) is 0 Å². The Morgan fingerprint density at radius 2 is 2.27 bits per heavy atom. The topological polar surface area (TPSA) is 61.1 Å². The van der Waals surface area contributed by atoms with Gasteiger partial charge in [0, 0.05) is 4.47 Å². The molecule has 76 valence electrons. The molecule has 0 amide bonds. The number of carboxylic acid groups (broad SMARTS) is 1. The molecule has 0 aromatic heterocycles. The average Bonchev–Trinajstić information content (AvgIpc) is 2.16. The summed E-state index contributed by atoms with van der Waals surface area (Å²) in [6, 6.07) is 7.07. The summed E-state index contributed by atoms with van der Waals surface area (Å²) < 4.78 is 0.922. The van der Waals surface area contributed by atoms with E-state index in [9.17, 15) is 4.79 Å². The monoisotopic (exact) mass is 265 g/mol. The first kappa shape index (κ1) is 11.5. The SMILES string of the molecule is Cc1cc(Br)ccc1C=C(C#N)C(=O)O. The standard InChI is InChI=1S/C11H8BrNO2/c1-7-4-10(12)3-2-8(7)5-9(6-13)11(14)15/h2-5H,1H3,(H,14,15). The second-order valence-electron chi connectivity index (χ2n) is 2.98. The van der Waals surface area contributed by atoms with Crippen LogP contribution in [0, 0.1) is 18.3 Å². The predicted molar refractivity (Wildman–Crippen MR) is 60.1 cm³/mol. The van der Waals surface area contributed by atoms with E-state index in [-0.39, 0.29) is 5.57 Å². The number of rotatable bonds is 2. The van der Waals surface area contributed by atoms with Gasteiger partial charge in [0.15, 0.2) is 0 Å². The van der Waals surface area contributed by atoms with Crippen molar-refractivity contribution in [2.75, 3.05) is 0 Å². The quantitative estimate of drug-likeness (QED) is 0.661. The fourth-order valence-electron chi connectivity index (χ4n) is 1.10. The molecule has 0 saturated carbocycles. The van der Waals surface area contributed by atoms with Crippen LogP contribution in [0.15, 0.2) is 28.2 Å². The molecule has 1 aromatic rings. The maximum absolute atomic E-state index is 10.6. The number of carboxylic acids is 1. The predicted octanol–water partition coefficient (Wildman–Crippen LogP) is 2.75. The molecule has 3 nitrogen and oxygen atoms in total. The normalized spacial score (nSPS) is 10.9. The van der Waals surface area contributed by atoms with Crippen LogP contribution in [0.1, 0.15) is 11.1 Å². The van der Waals surface area contributed by atoms with Crippen molar-refractivity contribution >= 4 is 28.0 Å². The lowest BCUT2D eigenvalue weighted by Crippen LogP contribution is -1.97. The Kier molecular flexibility index (Phi) is 3.64. The third-order valence-corrected chi connectivity index (χ3v) is 2.38. The summed E-state index contributed by atoms with van der Waals surface area (Å²) >= 11 is 3.31. The molecule has 0 aliphatic carbocycles. The van der Waals surface area contributed by atoms with Crippen LogP contribution in [0.4, 0.5) is 0 Å². The summed E-state index contributed by atoms with van der Waals surface area (Å²) in [6.07, 6.45) is 1.37. The highest BCUT2D eigenvalue weighted by Gasteiger charge is 2.06. The molecule has 0 spiro atoms. The molecule has 0 aliphatic heterocycles. The molecule has 0 unspecified atom stereocenters. The summed E-state index contributed by atoms with van der Waals surface area (Å²) in [7, 11) is 0. The van der Waals surface area contributed by atoms with Crippen LogP contribution in [0.25, 0.3) is 6.08 Å². The number of nitrogens with zero attached hydrogens (tertiary/aromatic N) is 1. The van der Waals surface area contributed by atoms with Crippen LogP contribution in [0.5, 0.6) is 0 Å². The van der Waals surface area contributed by atoms with Crippen molar-refractivity contribution in [3.8, 4) is 6.07 Å². The third-order valence-electron chi connectivity index (χ3n) is 1.88. The van der Waals surface area contributed by atoms with Gasteiger partial charge >= 0.3 is 5.97 Å². The van der Waals surface area contributed by atoms with Gasteiger partial charge in [-0.1, -0.05) is 22.0 Å². The van der Waals surface area contributed by atoms with Gasteiger partial charge in [0.2, 0.25) is 0 Å². The lowest BCUT2D eigenvalue weighted by molar-refractivity contribution is -0.132. The van der Waals surface area contributed by atoms with Gasteiger partial charge in [-0.2, -0.15) is 5.26 Å². The van der Waals surface area contributed by atoms with Crippen LogP contribution >= 0.6 is 15.9 Å². The maximum Gasteiger partial charge on any atom is 0.346 e. The van der Waals surface area contributed by atoms with Crippen LogP contribution in [0.3, 0.4) is 0 Å². The van der Waals surface area contributed by atoms with Gasteiger partial charge in [-0.3, -0.25) is 0 Å². The lowest BCUT2D eigenvalue weighted by Gasteiger charge is -2.00. The Bertz CT molecular complexity index is 472. The van der Waals surface area contributed by atoms with E-state index in [0.717, 1.165) is 15.6 Å². The Balaban J connectivity index is 3.19. The van der Waals surface area contributed by atoms with E-state index in [1.54, 1.807) is 18.2 Å². The number of hydrogen-bond acceptors (Lipinski definition) is 2. The molecule has 15 heavy (non-hydrogen) atoms. The summed E-state index contributed by atoms with van der Waals surface area (Å²) in [5.74, 6) is -1.21. The molecule has 1 aromatic carbocycles. The Morgan fingerprint density at radius 1 is 1.60 bits per heavy atom. The van der Waals surface area contributed by atoms with E-state index >= 15 is 0 Å². The highest BCUT2D eigenvalue weighted by atomic mass is 79.9. The summed E-state index contributed by atoms with van der Waals surface area (Å²) in [6.45, 7) is 1.85. The molecular formula is C11H8BrNO2. The Hall–Kier alpha value is -1.60. The first-order valence-corrected chi connectivity index (χ1v) is 4.95. The summed E-state index contributed by atoms with van der Waals surface area (Å²) in [5, 5.41) is 17.3. The minimum atomic E-state index is -1.21. The van der Waals surface area contributed by atoms with E-state index in [4.69, 9.17) is 10.4 Å². The summed E-state index contributed by atoms with van der Waals surface area (Å²) in [5.41, 5.74) is 1.39. The highest BCUT2D eigenvalue weighted by molar-refractivity contribution is 9.10. The molecule has 0 atom stereocenters. The fraction of sp³-hybridized carbons (Fsp3) is 0.0909. The van der Waals surface area contributed by atoms with Crippen LogP contribution in [-0.4, -0.2) is 11.1 Å². The Morgan fingerprint density at radius 3 is 2.73 bits per heavy atom. The average molecular weight is 266 g/mol. The lowest BCUT2D eigenvalue weighted by atomic mass is 10.1. The van der Waals surface area contributed by atoms with Crippen molar-refractivity contribution < 1.29 is 9.90 Å². The number of hydrogen-bond donors (Lipinski definition) is 1. The fourth-order valence-corrected chi connectivity index (χ4v) is 1.57. The second kappa shape index (κ2) is 4.76.